The van der Waals surface area contributed by atoms with Crippen LogP contribution in [-0.2, 0) is 0 Å². The first-order valence-electron chi connectivity index (χ1n) is 3.38. The molecular formula is C9H7N3. The van der Waals surface area contributed by atoms with E-state index in [2.05, 4.69) is 16.5 Å². The van der Waals surface area contributed by atoms with Crippen LogP contribution in [0.4, 0.5) is 0 Å². The van der Waals surface area contributed by atoms with Gasteiger partial charge in [-0.05, 0) is 12.1 Å². The SMILES string of the molecule is C#N.c1ccc2nccnc2c1. The maximum atomic E-state index is 6.50. The summed E-state index contributed by atoms with van der Waals surface area (Å²) in [4.78, 5) is 8.24. The summed E-state index contributed by atoms with van der Waals surface area (Å²) in [5, 5.41) is 6.50. The quantitative estimate of drug-likeness (QED) is 0.585. The molecule has 1 heterocycles. The predicted octanol–water partition coefficient (Wildman–Crippen LogP) is 1.77. The minimum absolute atomic E-state index is 0.949. The van der Waals surface area contributed by atoms with Crippen LogP contribution in [0.25, 0.3) is 11.0 Å². The average molecular weight is 157 g/mol. The summed E-state index contributed by atoms with van der Waals surface area (Å²) in [5.41, 5.74) is 1.90. The van der Waals surface area contributed by atoms with Crippen molar-refractivity contribution in [1.29, 1.82) is 5.26 Å². The van der Waals surface area contributed by atoms with E-state index in [0.29, 0.717) is 0 Å². The molecule has 0 saturated heterocycles. The average Bonchev–Trinajstić information content (AvgIpc) is 2.21. The van der Waals surface area contributed by atoms with E-state index in [9.17, 15) is 0 Å². The van der Waals surface area contributed by atoms with Crippen molar-refractivity contribution in [1.82, 2.24) is 9.97 Å². The summed E-state index contributed by atoms with van der Waals surface area (Å²) in [7, 11) is 0. The Morgan fingerprint density at radius 3 is 1.75 bits per heavy atom. The van der Waals surface area contributed by atoms with Gasteiger partial charge in [-0.15, -0.1) is 0 Å². The second-order valence-corrected chi connectivity index (χ2v) is 2.05. The zero-order chi connectivity index (χ0) is 8.81. The highest BCUT2D eigenvalue weighted by atomic mass is 14.8. The summed E-state index contributed by atoms with van der Waals surface area (Å²) >= 11 is 0. The maximum Gasteiger partial charge on any atom is 0.0886 e. The molecule has 3 nitrogen and oxygen atoms in total. The van der Waals surface area contributed by atoms with Crippen molar-refractivity contribution in [2.75, 3.05) is 0 Å². The van der Waals surface area contributed by atoms with Crippen molar-refractivity contribution in [3.8, 4) is 6.57 Å². The Bertz CT molecular complexity index is 316. The molecule has 3 heteroatoms. The monoisotopic (exact) mass is 157 g/mol. The Morgan fingerprint density at radius 2 is 1.33 bits per heavy atom. The van der Waals surface area contributed by atoms with Crippen LogP contribution in [0.5, 0.6) is 0 Å². The van der Waals surface area contributed by atoms with Gasteiger partial charge in [-0.2, -0.15) is 0 Å². The first-order valence-corrected chi connectivity index (χ1v) is 3.38. The van der Waals surface area contributed by atoms with Crippen LogP contribution in [0, 0.1) is 11.8 Å². The third-order valence-corrected chi connectivity index (χ3v) is 1.38. The molecule has 0 saturated carbocycles. The summed E-state index contributed by atoms with van der Waals surface area (Å²) in [6.45, 7) is 3.50. The van der Waals surface area contributed by atoms with Crippen LogP contribution in [0.15, 0.2) is 36.7 Å². The molecule has 12 heavy (non-hydrogen) atoms. The van der Waals surface area contributed by atoms with Gasteiger partial charge in [0.1, 0.15) is 0 Å². The van der Waals surface area contributed by atoms with Crippen LogP contribution < -0.4 is 0 Å². The van der Waals surface area contributed by atoms with Gasteiger partial charge in [0.05, 0.1) is 11.0 Å². The summed E-state index contributed by atoms with van der Waals surface area (Å²) in [6, 6.07) is 7.80. The van der Waals surface area contributed by atoms with Crippen LogP contribution in [-0.4, -0.2) is 9.97 Å². The Kier molecular flexibility index (Phi) is 2.74. The molecule has 0 bridgehead atoms. The van der Waals surface area contributed by atoms with Crippen molar-refractivity contribution in [3.63, 3.8) is 0 Å². The van der Waals surface area contributed by atoms with E-state index in [0.717, 1.165) is 11.0 Å². The Hall–Kier alpha value is -1.95. The third-order valence-electron chi connectivity index (χ3n) is 1.38. The highest BCUT2D eigenvalue weighted by Gasteiger charge is 1.88. The standard InChI is InChI=1S/C8H6N2.CHN/c1-2-4-8-7(3-1)9-5-6-10-8;1-2/h1-6H;1H. The molecule has 0 atom stereocenters. The molecule has 0 aliphatic rings. The number of nitrogens with zero attached hydrogens (tertiary/aromatic N) is 3. The van der Waals surface area contributed by atoms with Gasteiger partial charge >= 0.3 is 0 Å². The highest BCUT2D eigenvalue weighted by molar-refractivity contribution is 5.72. The molecule has 2 rings (SSSR count). The molecule has 0 aliphatic carbocycles. The minimum atomic E-state index is 0.949. The van der Waals surface area contributed by atoms with E-state index < -0.39 is 0 Å². The second-order valence-electron chi connectivity index (χ2n) is 2.05. The number of rotatable bonds is 0. The van der Waals surface area contributed by atoms with E-state index in [1.807, 2.05) is 24.3 Å². The lowest BCUT2D eigenvalue weighted by atomic mass is 10.3. The zero-order valence-electron chi connectivity index (χ0n) is 6.38. The van der Waals surface area contributed by atoms with Crippen LogP contribution >= 0.6 is 0 Å². The second kappa shape index (κ2) is 4.04. The van der Waals surface area contributed by atoms with Crippen molar-refractivity contribution >= 4 is 11.0 Å². The van der Waals surface area contributed by atoms with Gasteiger partial charge < -0.3 is 0 Å². The summed E-state index contributed by atoms with van der Waals surface area (Å²) in [6.07, 6.45) is 3.39. The number of aromatic nitrogens is 2. The van der Waals surface area contributed by atoms with Crippen LogP contribution in [0.2, 0.25) is 0 Å². The highest BCUT2D eigenvalue weighted by Crippen LogP contribution is 2.04. The van der Waals surface area contributed by atoms with Crippen molar-refractivity contribution in [2.45, 2.75) is 0 Å². The van der Waals surface area contributed by atoms with E-state index in [-0.39, 0.29) is 0 Å². The van der Waals surface area contributed by atoms with E-state index >= 15 is 0 Å². The Morgan fingerprint density at radius 1 is 0.917 bits per heavy atom. The number of fused-ring (bicyclic) bond motifs is 1. The lowest BCUT2D eigenvalue weighted by molar-refractivity contribution is 1.29. The first-order chi connectivity index (χ1) is 5.97. The van der Waals surface area contributed by atoms with Gasteiger partial charge in [0, 0.05) is 19.0 Å². The number of para-hydroxylation sites is 2. The van der Waals surface area contributed by atoms with Crippen molar-refractivity contribution in [2.24, 2.45) is 0 Å². The Labute approximate surface area is 70.3 Å². The molecule has 2 aromatic rings. The topological polar surface area (TPSA) is 49.6 Å². The molecule has 1 aromatic heterocycles. The van der Waals surface area contributed by atoms with Crippen molar-refractivity contribution < 1.29 is 0 Å². The van der Waals surface area contributed by atoms with Gasteiger partial charge in [-0.3, -0.25) is 9.97 Å². The normalized spacial score (nSPS) is 8.50. The maximum absolute atomic E-state index is 6.50. The molecule has 0 fully saturated rings. The van der Waals surface area contributed by atoms with Gasteiger partial charge in [-0.1, -0.05) is 12.1 Å². The smallest absolute Gasteiger partial charge is 0.0886 e. The summed E-state index contributed by atoms with van der Waals surface area (Å²) < 4.78 is 0. The van der Waals surface area contributed by atoms with E-state index in [4.69, 9.17) is 5.26 Å². The molecule has 0 unspecified atom stereocenters. The van der Waals surface area contributed by atoms with Gasteiger partial charge in [0.2, 0.25) is 0 Å². The molecule has 0 amide bonds. The molecule has 1 aromatic carbocycles. The van der Waals surface area contributed by atoms with Gasteiger partial charge in [0.25, 0.3) is 0 Å². The fourth-order valence-electron chi connectivity index (χ4n) is 0.910. The van der Waals surface area contributed by atoms with E-state index in [1.54, 1.807) is 12.4 Å². The molecule has 0 spiro atoms. The largest absolute Gasteiger partial charge is 0.253 e. The molecule has 0 N–H and O–H groups in total. The Balaban J connectivity index is 0.000000336. The number of nitriles is 1. The predicted molar refractivity (Wildman–Crippen MR) is 46.2 cm³/mol. The van der Waals surface area contributed by atoms with Crippen molar-refractivity contribution in [3.05, 3.63) is 36.7 Å². The molecule has 0 aliphatic heterocycles. The molecule has 58 valence electrons. The first kappa shape index (κ1) is 8.15. The molecular weight excluding hydrogens is 150 g/mol. The number of hydrogen-bond acceptors (Lipinski definition) is 3. The van der Waals surface area contributed by atoms with E-state index in [1.165, 1.54) is 0 Å². The molecule has 0 radical (unpaired) electrons. The zero-order valence-corrected chi connectivity index (χ0v) is 6.38. The minimum Gasteiger partial charge on any atom is -0.253 e. The number of hydrogen-bond donors (Lipinski definition) is 0. The van der Waals surface area contributed by atoms with Crippen LogP contribution in [0.3, 0.4) is 0 Å². The number of benzene rings is 1. The third kappa shape index (κ3) is 1.55. The van der Waals surface area contributed by atoms with Gasteiger partial charge in [0.15, 0.2) is 0 Å². The lowest BCUT2D eigenvalue weighted by Gasteiger charge is -1.90. The fraction of sp³-hybridized carbons (Fsp3) is 0. The van der Waals surface area contributed by atoms with Crippen LogP contribution in [0.1, 0.15) is 0 Å². The lowest BCUT2D eigenvalue weighted by Crippen LogP contribution is -1.78. The summed E-state index contributed by atoms with van der Waals surface area (Å²) in [5.74, 6) is 0. The fourth-order valence-corrected chi connectivity index (χ4v) is 0.910. The van der Waals surface area contributed by atoms with Gasteiger partial charge in [-0.25, -0.2) is 5.26 Å².